The zero-order valence-electron chi connectivity index (χ0n) is 10.9. The Morgan fingerprint density at radius 1 is 1.53 bits per heavy atom. The third-order valence-electron chi connectivity index (χ3n) is 2.61. The minimum atomic E-state index is -1.10. The molecule has 0 aliphatic carbocycles. The molecule has 0 saturated carbocycles. The largest absolute Gasteiger partial charge is 0.479 e. The van der Waals surface area contributed by atoms with E-state index in [1.54, 1.807) is 11.3 Å². The lowest BCUT2D eigenvalue weighted by atomic mass is 10.2. The maximum atomic E-state index is 11.7. The second-order valence-corrected chi connectivity index (χ2v) is 4.87. The van der Waals surface area contributed by atoms with Gasteiger partial charge in [-0.3, -0.25) is 0 Å². The van der Waals surface area contributed by atoms with E-state index in [2.05, 4.69) is 10.6 Å². The molecule has 2 atom stereocenters. The summed E-state index contributed by atoms with van der Waals surface area (Å²) < 4.78 is 4.73. The van der Waals surface area contributed by atoms with Gasteiger partial charge >= 0.3 is 12.0 Å². The van der Waals surface area contributed by atoms with Crippen LogP contribution in [0.25, 0.3) is 0 Å². The first-order valence-electron chi connectivity index (χ1n) is 5.91. The number of carboxylic acids is 1. The first kappa shape index (κ1) is 15.5. The lowest BCUT2D eigenvalue weighted by Crippen LogP contribution is -2.43. The lowest BCUT2D eigenvalue weighted by Gasteiger charge is -2.17. The van der Waals surface area contributed by atoms with E-state index >= 15 is 0 Å². The Balaban J connectivity index is 2.44. The minimum absolute atomic E-state index is 0.0641. The number of thiophene rings is 1. The summed E-state index contributed by atoms with van der Waals surface area (Å²) in [7, 11) is 1.29. The molecule has 0 fully saturated rings. The van der Waals surface area contributed by atoms with Crippen molar-refractivity contribution in [3.05, 3.63) is 22.4 Å². The summed E-state index contributed by atoms with van der Waals surface area (Å²) in [5, 5.41) is 16.0. The molecule has 19 heavy (non-hydrogen) atoms. The van der Waals surface area contributed by atoms with Gasteiger partial charge in [-0.15, -0.1) is 11.3 Å². The zero-order valence-corrected chi connectivity index (χ0v) is 11.7. The standard InChI is InChI=1S/C12H18N2O4S/c1-3-8(10-5-4-6-19-10)14-12(17)13-7-9(18-2)11(15)16/h4-6,8-9H,3,7H2,1-2H3,(H,15,16)(H2,13,14,17). The molecule has 1 heterocycles. The predicted molar refractivity (Wildman–Crippen MR) is 72.3 cm³/mol. The van der Waals surface area contributed by atoms with E-state index in [4.69, 9.17) is 9.84 Å². The van der Waals surface area contributed by atoms with Gasteiger partial charge in [-0.1, -0.05) is 13.0 Å². The Labute approximate surface area is 115 Å². The van der Waals surface area contributed by atoms with Crippen molar-refractivity contribution < 1.29 is 19.4 Å². The van der Waals surface area contributed by atoms with Crippen LogP contribution in [0.1, 0.15) is 24.3 Å². The van der Waals surface area contributed by atoms with Gasteiger partial charge in [-0.25, -0.2) is 9.59 Å². The molecule has 2 unspecified atom stereocenters. The summed E-state index contributed by atoms with van der Waals surface area (Å²) in [5.74, 6) is -1.10. The quantitative estimate of drug-likeness (QED) is 0.710. The number of carbonyl (C=O) groups is 2. The van der Waals surface area contributed by atoms with Crippen LogP contribution < -0.4 is 10.6 Å². The van der Waals surface area contributed by atoms with Crippen LogP contribution in [0, 0.1) is 0 Å². The Morgan fingerprint density at radius 3 is 2.74 bits per heavy atom. The van der Waals surface area contributed by atoms with Crippen LogP contribution in [0.15, 0.2) is 17.5 Å². The molecule has 1 rings (SSSR count). The van der Waals surface area contributed by atoms with Crippen molar-refractivity contribution in [3.63, 3.8) is 0 Å². The highest BCUT2D eigenvalue weighted by Crippen LogP contribution is 2.21. The number of hydrogen-bond donors (Lipinski definition) is 3. The second kappa shape index (κ2) is 7.75. The molecule has 0 aromatic carbocycles. The van der Waals surface area contributed by atoms with Crippen LogP contribution in [-0.2, 0) is 9.53 Å². The van der Waals surface area contributed by atoms with Crippen molar-refractivity contribution in [2.24, 2.45) is 0 Å². The number of rotatable bonds is 7. The molecule has 0 aliphatic rings. The van der Waals surface area contributed by atoms with Gasteiger partial charge in [-0.2, -0.15) is 0 Å². The number of nitrogens with one attached hydrogen (secondary N) is 2. The number of hydrogen-bond acceptors (Lipinski definition) is 4. The monoisotopic (exact) mass is 286 g/mol. The molecule has 0 saturated heterocycles. The third kappa shape index (κ3) is 4.88. The number of methoxy groups -OCH3 is 1. The maximum absolute atomic E-state index is 11.7. The van der Waals surface area contributed by atoms with Gasteiger partial charge in [0.2, 0.25) is 0 Å². The van der Waals surface area contributed by atoms with Crippen LogP contribution in [0.2, 0.25) is 0 Å². The summed E-state index contributed by atoms with van der Waals surface area (Å²) in [6.07, 6.45) is -0.270. The first-order chi connectivity index (χ1) is 9.08. The summed E-state index contributed by atoms with van der Waals surface area (Å²) in [4.78, 5) is 23.5. The van der Waals surface area contributed by atoms with Gasteiger partial charge < -0.3 is 20.5 Å². The van der Waals surface area contributed by atoms with E-state index in [9.17, 15) is 9.59 Å². The number of amides is 2. The number of carboxylic acid groups (broad SMARTS) is 1. The minimum Gasteiger partial charge on any atom is -0.479 e. The summed E-state index contributed by atoms with van der Waals surface area (Å²) in [6, 6.07) is 3.41. The van der Waals surface area contributed by atoms with Crippen molar-refractivity contribution in [1.82, 2.24) is 10.6 Å². The smallest absolute Gasteiger partial charge is 0.334 e. The number of carbonyl (C=O) groups excluding carboxylic acids is 1. The predicted octanol–water partition coefficient (Wildman–Crippen LogP) is 1.60. The Kier molecular flexibility index (Phi) is 6.31. The lowest BCUT2D eigenvalue weighted by molar-refractivity contribution is -0.147. The fraction of sp³-hybridized carbons (Fsp3) is 0.500. The Bertz CT molecular complexity index is 408. The highest BCUT2D eigenvalue weighted by molar-refractivity contribution is 7.10. The van der Waals surface area contributed by atoms with E-state index in [1.807, 2.05) is 24.4 Å². The maximum Gasteiger partial charge on any atom is 0.334 e. The van der Waals surface area contributed by atoms with Crippen molar-refractivity contribution in [1.29, 1.82) is 0 Å². The van der Waals surface area contributed by atoms with Gasteiger partial charge in [0, 0.05) is 12.0 Å². The third-order valence-corrected chi connectivity index (χ3v) is 3.59. The number of ether oxygens (including phenoxy) is 1. The topological polar surface area (TPSA) is 87.7 Å². The molecule has 0 radical (unpaired) electrons. The highest BCUT2D eigenvalue weighted by atomic mass is 32.1. The summed E-state index contributed by atoms with van der Waals surface area (Å²) >= 11 is 1.57. The SMILES string of the molecule is CCC(NC(=O)NCC(OC)C(=O)O)c1cccs1. The average Bonchev–Trinajstić information content (AvgIpc) is 2.90. The Hall–Kier alpha value is -1.60. The van der Waals surface area contributed by atoms with Gasteiger partial charge in [0.15, 0.2) is 6.10 Å². The second-order valence-electron chi connectivity index (χ2n) is 3.89. The molecule has 0 spiro atoms. The fourth-order valence-corrected chi connectivity index (χ4v) is 2.39. The van der Waals surface area contributed by atoms with Gasteiger partial charge in [0.05, 0.1) is 12.6 Å². The first-order valence-corrected chi connectivity index (χ1v) is 6.79. The van der Waals surface area contributed by atoms with Gasteiger partial charge in [-0.05, 0) is 17.9 Å². The molecular weight excluding hydrogens is 268 g/mol. The van der Waals surface area contributed by atoms with Crippen LogP contribution in [0.3, 0.4) is 0 Å². The molecule has 6 nitrogen and oxygen atoms in total. The molecule has 1 aromatic heterocycles. The van der Waals surface area contributed by atoms with E-state index in [-0.39, 0.29) is 12.6 Å². The van der Waals surface area contributed by atoms with Crippen LogP contribution in [0.5, 0.6) is 0 Å². The van der Waals surface area contributed by atoms with Crippen LogP contribution >= 0.6 is 11.3 Å². The average molecular weight is 286 g/mol. The van der Waals surface area contributed by atoms with E-state index < -0.39 is 18.1 Å². The normalized spacial score (nSPS) is 13.6. The van der Waals surface area contributed by atoms with Gasteiger partial charge in [0.1, 0.15) is 0 Å². The molecule has 1 aromatic rings. The summed E-state index contributed by atoms with van der Waals surface area (Å²) in [6.45, 7) is 1.90. The molecule has 3 N–H and O–H groups in total. The van der Waals surface area contributed by atoms with Gasteiger partial charge in [0.25, 0.3) is 0 Å². The fourth-order valence-electron chi connectivity index (χ4n) is 1.53. The van der Waals surface area contributed by atoms with E-state index in [0.29, 0.717) is 0 Å². The summed E-state index contributed by atoms with van der Waals surface area (Å²) in [5.41, 5.74) is 0. The molecule has 2 amide bonds. The van der Waals surface area contributed by atoms with E-state index in [0.717, 1.165) is 11.3 Å². The molecule has 7 heteroatoms. The molecule has 0 bridgehead atoms. The van der Waals surface area contributed by atoms with Crippen LogP contribution in [0.4, 0.5) is 4.79 Å². The zero-order chi connectivity index (χ0) is 14.3. The van der Waals surface area contributed by atoms with Crippen LogP contribution in [-0.4, -0.2) is 36.9 Å². The number of urea groups is 1. The van der Waals surface area contributed by atoms with Crippen molar-refractivity contribution >= 4 is 23.3 Å². The number of aliphatic carboxylic acids is 1. The molecule has 106 valence electrons. The molecular formula is C12H18N2O4S. The highest BCUT2D eigenvalue weighted by Gasteiger charge is 2.18. The molecule has 0 aliphatic heterocycles. The van der Waals surface area contributed by atoms with Crippen molar-refractivity contribution in [2.75, 3.05) is 13.7 Å². The van der Waals surface area contributed by atoms with Crippen molar-refractivity contribution in [3.8, 4) is 0 Å². The van der Waals surface area contributed by atoms with E-state index in [1.165, 1.54) is 7.11 Å². The Morgan fingerprint density at radius 2 is 2.26 bits per heavy atom. The van der Waals surface area contributed by atoms with Crippen molar-refractivity contribution in [2.45, 2.75) is 25.5 Å².